The number of hydrogen-bond donors (Lipinski definition) is 0. The van der Waals surface area contributed by atoms with Crippen LogP contribution in [0.1, 0.15) is 94.2 Å². The van der Waals surface area contributed by atoms with Gasteiger partial charge in [-0.3, -0.25) is 4.79 Å². The van der Waals surface area contributed by atoms with Crippen LogP contribution in [0.4, 0.5) is 13.2 Å². The van der Waals surface area contributed by atoms with Gasteiger partial charge in [0, 0.05) is 5.56 Å². The molecule has 2 atom stereocenters. The fourth-order valence-electron chi connectivity index (χ4n) is 3.22. The van der Waals surface area contributed by atoms with Gasteiger partial charge in [0.15, 0.2) is 5.78 Å². The molecular weight excluding hydrogens is 416 g/mol. The number of rotatable bonds is 4. The van der Waals surface area contributed by atoms with Crippen molar-refractivity contribution in [1.29, 1.82) is 0 Å². The van der Waals surface area contributed by atoms with Crippen LogP contribution in [0.2, 0.25) is 0 Å². The molecule has 2 aliphatic rings. The second-order valence-corrected chi connectivity index (χ2v) is 9.32. The van der Waals surface area contributed by atoms with Crippen molar-refractivity contribution in [3.63, 3.8) is 0 Å². The zero-order chi connectivity index (χ0) is 23.4. The van der Waals surface area contributed by atoms with Gasteiger partial charge in [-0.15, -0.1) is 9.24 Å². The fourth-order valence-corrected chi connectivity index (χ4v) is 3.45. The zero-order valence-electron chi connectivity index (χ0n) is 19.3. The van der Waals surface area contributed by atoms with Crippen molar-refractivity contribution < 1.29 is 18.0 Å². The first-order valence-corrected chi connectivity index (χ1v) is 12.0. The number of alkyl halides is 3. The highest BCUT2D eigenvalue weighted by Crippen LogP contribution is 2.39. The van der Waals surface area contributed by atoms with Crippen LogP contribution in [0.3, 0.4) is 0 Å². The number of carbonyl (C=O) groups is 1. The second kappa shape index (κ2) is 13.9. The van der Waals surface area contributed by atoms with Crippen LogP contribution >= 0.6 is 9.24 Å². The minimum atomic E-state index is -4.28. The van der Waals surface area contributed by atoms with Gasteiger partial charge in [0.1, 0.15) is 0 Å². The third-order valence-corrected chi connectivity index (χ3v) is 6.46. The predicted molar refractivity (Wildman–Crippen MR) is 128 cm³/mol. The van der Waals surface area contributed by atoms with Crippen LogP contribution in [-0.4, -0.2) is 12.0 Å². The number of hydrogen-bond acceptors (Lipinski definition) is 1. The molecule has 0 N–H and O–H groups in total. The van der Waals surface area contributed by atoms with Gasteiger partial charge in [-0.25, -0.2) is 0 Å². The van der Waals surface area contributed by atoms with Crippen LogP contribution < -0.4 is 0 Å². The summed E-state index contributed by atoms with van der Waals surface area (Å²) < 4.78 is 36.9. The molecule has 0 amide bonds. The monoisotopic (exact) mass is 454 g/mol. The maximum absolute atomic E-state index is 12.3. The van der Waals surface area contributed by atoms with Crippen LogP contribution in [0.25, 0.3) is 0 Å². The molecule has 3 rings (SSSR count). The van der Waals surface area contributed by atoms with E-state index in [1.807, 2.05) is 0 Å². The number of carbonyl (C=O) groups excluding carboxylic acids is 1. The summed E-state index contributed by atoms with van der Waals surface area (Å²) in [5, 5.41) is 0. The summed E-state index contributed by atoms with van der Waals surface area (Å²) >= 11 is 0. The number of ketones is 1. The summed E-state index contributed by atoms with van der Waals surface area (Å²) in [7, 11) is 1.75. The summed E-state index contributed by atoms with van der Waals surface area (Å²) in [5.74, 6) is 1.81. The lowest BCUT2D eigenvalue weighted by atomic mass is 9.84. The topological polar surface area (TPSA) is 17.1 Å². The molecule has 0 aliphatic heterocycles. The molecule has 1 aromatic rings. The number of allylic oxidation sites excluding steroid dienone is 4. The van der Waals surface area contributed by atoms with Crippen LogP contribution in [0.5, 0.6) is 0 Å². The zero-order valence-corrected chi connectivity index (χ0v) is 20.5. The van der Waals surface area contributed by atoms with Gasteiger partial charge in [0.2, 0.25) is 0 Å². The minimum absolute atomic E-state index is 0.137. The summed E-state index contributed by atoms with van der Waals surface area (Å²) in [4.78, 5) is 10.9. The van der Waals surface area contributed by atoms with Crippen molar-refractivity contribution in [3.05, 3.63) is 59.2 Å². The molecule has 0 saturated heterocycles. The summed E-state index contributed by atoms with van der Waals surface area (Å²) in [5.41, 5.74) is 0.543. The first-order valence-electron chi connectivity index (χ1n) is 11.3. The Kier molecular flexibility index (Phi) is 12.4. The smallest absolute Gasteiger partial charge is 0.295 e. The number of benzene rings is 1. The molecule has 5 heteroatoms. The van der Waals surface area contributed by atoms with E-state index in [1.54, 1.807) is 14.8 Å². The molecule has 174 valence electrons. The molecule has 1 aromatic carbocycles. The van der Waals surface area contributed by atoms with Crippen molar-refractivity contribution >= 4 is 15.0 Å². The quantitative estimate of drug-likeness (QED) is 0.252. The molecular formula is C26H38F3OP. The summed E-state index contributed by atoms with van der Waals surface area (Å²) in [6.07, 6.45) is 12.4. The van der Waals surface area contributed by atoms with E-state index in [-0.39, 0.29) is 11.3 Å². The van der Waals surface area contributed by atoms with Crippen molar-refractivity contribution in [3.8, 4) is 0 Å². The number of halogens is 3. The average molecular weight is 455 g/mol. The molecule has 2 saturated carbocycles. The highest BCUT2D eigenvalue weighted by atomic mass is 31.0. The molecule has 0 radical (unpaired) electrons. The Bertz CT molecular complexity index is 709. The SMILES string of the molecule is C/C=C\C=C(/C)C1CCCCC1.CC(=O)c1ccc(C(P)C(F)(F)F)cc1.CC1CC1. The van der Waals surface area contributed by atoms with Crippen molar-refractivity contribution in [2.24, 2.45) is 11.8 Å². The Labute approximate surface area is 188 Å². The highest BCUT2D eigenvalue weighted by Gasteiger charge is 2.37. The molecule has 2 unspecified atom stereocenters. The van der Waals surface area contributed by atoms with E-state index < -0.39 is 11.8 Å². The van der Waals surface area contributed by atoms with Crippen molar-refractivity contribution in [2.75, 3.05) is 0 Å². The van der Waals surface area contributed by atoms with E-state index in [9.17, 15) is 18.0 Å². The first kappa shape index (κ1) is 27.6. The van der Waals surface area contributed by atoms with Gasteiger partial charge >= 0.3 is 6.18 Å². The Balaban J connectivity index is 0.000000266. The Morgan fingerprint density at radius 1 is 1.03 bits per heavy atom. The fraction of sp³-hybridized carbons (Fsp3) is 0.577. The van der Waals surface area contributed by atoms with Gasteiger partial charge in [0.25, 0.3) is 0 Å². The van der Waals surface area contributed by atoms with Crippen LogP contribution in [-0.2, 0) is 0 Å². The maximum atomic E-state index is 12.3. The van der Waals surface area contributed by atoms with Crippen molar-refractivity contribution in [1.82, 2.24) is 0 Å². The molecule has 0 spiro atoms. The first-order chi connectivity index (χ1) is 14.6. The van der Waals surface area contributed by atoms with E-state index in [0.29, 0.717) is 5.56 Å². The Morgan fingerprint density at radius 2 is 1.55 bits per heavy atom. The lowest BCUT2D eigenvalue weighted by Crippen LogP contribution is -2.15. The standard InChI is InChI=1S/C12H20.C10H10F3OP.C4H8/c1-3-4-8-11(2)12-9-6-5-7-10-12;1-6(14)7-2-4-8(5-3-7)9(15)10(11,12)13;1-4-2-3-4/h3-4,8,12H,5-7,9-10H2,1-2H3;2-5,9H,15H2,1H3;4H,2-3H2,1H3/b4-3-,11-8+;;. The van der Waals surface area contributed by atoms with Gasteiger partial charge in [-0.05, 0) is 51.0 Å². The summed E-state index contributed by atoms with van der Waals surface area (Å²) in [6.45, 7) is 8.00. The lowest BCUT2D eigenvalue weighted by Gasteiger charge is -2.21. The predicted octanol–water partition coefficient (Wildman–Crippen LogP) is 8.87. The largest absolute Gasteiger partial charge is 0.399 e. The van der Waals surface area contributed by atoms with E-state index in [0.717, 1.165) is 11.8 Å². The minimum Gasteiger partial charge on any atom is -0.295 e. The van der Waals surface area contributed by atoms with Crippen molar-refractivity contribution in [2.45, 2.75) is 84.5 Å². The van der Waals surface area contributed by atoms with Gasteiger partial charge in [-0.2, -0.15) is 13.2 Å². The van der Waals surface area contributed by atoms with Crippen LogP contribution in [0.15, 0.2) is 48.1 Å². The molecule has 1 nitrogen and oxygen atoms in total. The highest BCUT2D eigenvalue weighted by molar-refractivity contribution is 7.17. The molecule has 0 aromatic heterocycles. The van der Waals surface area contributed by atoms with Gasteiger partial charge < -0.3 is 0 Å². The lowest BCUT2D eigenvalue weighted by molar-refractivity contribution is -0.130. The molecule has 31 heavy (non-hydrogen) atoms. The van der Waals surface area contributed by atoms with E-state index in [1.165, 1.54) is 76.1 Å². The van der Waals surface area contributed by atoms with E-state index >= 15 is 0 Å². The van der Waals surface area contributed by atoms with Gasteiger partial charge in [0.05, 0.1) is 5.66 Å². The molecule has 0 heterocycles. The normalized spacial score (nSPS) is 18.5. The Morgan fingerprint density at radius 3 is 1.94 bits per heavy atom. The molecule has 0 bridgehead atoms. The van der Waals surface area contributed by atoms with Gasteiger partial charge in [-0.1, -0.05) is 87.1 Å². The second-order valence-electron chi connectivity index (χ2n) is 8.65. The summed E-state index contributed by atoms with van der Waals surface area (Å²) in [6, 6.07) is 5.45. The van der Waals surface area contributed by atoms with E-state index in [2.05, 4.69) is 39.0 Å². The molecule has 2 fully saturated rings. The third kappa shape index (κ3) is 11.7. The maximum Gasteiger partial charge on any atom is 0.399 e. The third-order valence-electron chi connectivity index (χ3n) is 5.70. The number of Topliss-reactive ketones (excluding diaryl/α,β-unsaturated/α-hetero) is 1. The Hall–Kier alpha value is -1.41. The van der Waals surface area contributed by atoms with Crippen LogP contribution in [0, 0.1) is 11.8 Å². The van der Waals surface area contributed by atoms with E-state index in [4.69, 9.17) is 0 Å². The molecule has 2 aliphatic carbocycles. The average Bonchev–Trinajstić information content (AvgIpc) is 3.54.